The molecule has 2 amide bonds. The van der Waals surface area contributed by atoms with E-state index in [0.29, 0.717) is 22.8 Å². The van der Waals surface area contributed by atoms with Gasteiger partial charge < -0.3 is 24.4 Å². The lowest BCUT2D eigenvalue weighted by molar-refractivity contribution is -0.139. The first-order valence-electron chi connectivity index (χ1n) is 13.8. The number of nitrogens with one attached hydrogen (secondary N) is 1. The molecule has 0 heterocycles. The maximum Gasteiger partial charge on any atom is 0.265 e. The normalized spacial score (nSPS) is 12.5. The van der Waals surface area contributed by atoms with Crippen molar-refractivity contribution in [2.75, 3.05) is 32.2 Å². The van der Waals surface area contributed by atoms with Crippen LogP contribution in [0.1, 0.15) is 32.8 Å². The Kier molecular flexibility index (Phi) is 12.2. The molecule has 0 saturated carbocycles. The van der Waals surface area contributed by atoms with Gasteiger partial charge in [0.15, 0.2) is 11.5 Å². The zero-order valence-corrected chi connectivity index (χ0v) is 27.8. The molecule has 13 heteroatoms. The van der Waals surface area contributed by atoms with Gasteiger partial charge in [0.1, 0.15) is 18.3 Å². The Hall–Kier alpha value is -3.67. The first kappa shape index (κ1) is 34.8. The molecular formula is C31H37Cl2N3O7S. The lowest BCUT2D eigenvalue weighted by Gasteiger charge is -2.33. The number of hydrogen-bond acceptors (Lipinski definition) is 7. The number of benzene rings is 3. The van der Waals surface area contributed by atoms with E-state index >= 15 is 0 Å². The van der Waals surface area contributed by atoms with Crippen LogP contribution >= 0.6 is 23.2 Å². The summed E-state index contributed by atoms with van der Waals surface area (Å²) in [6.07, 6.45) is 0.683. The van der Waals surface area contributed by atoms with Gasteiger partial charge in [0, 0.05) is 28.7 Å². The molecule has 238 valence electrons. The highest BCUT2D eigenvalue weighted by Crippen LogP contribution is 2.37. The summed E-state index contributed by atoms with van der Waals surface area (Å²) in [7, 11) is -0.265. The third kappa shape index (κ3) is 8.08. The van der Waals surface area contributed by atoms with Crippen LogP contribution in [0, 0.1) is 0 Å². The largest absolute Gasteiger partial charge is 0.495 e. The van der Waals surface area contributed by atoms with Crippen LogP contribution in [0.3, 0.4) is 0 Å². The Morgan fingerprint density at radius 2 is 1.52 bits per heavy atom. The maximum atomic E-state index is 14.3. The van der Waals surface area contributed by atoms with Gasteiger partial charge in [-0.1, -0.05) is 48.3 Å². The van der Waals surface area contributed by atoms with Crippen LogP contribution < -0.4 is 23.8 Å². The minimum atomic E-state index is -4.45. The SMILES string of the molecule is CC[C@H](C)NC(=O)[C@H](C)N(Cc1ccccc1Cl)C(=O)CN(c1cc(Cl)ccc1OC)S(=O)(=O)c1ccc(OC)c(OC)c1. The van der Waals surface area contributed by atoms with Crippen molar-refractivity contribution in [2.45, 2.75) is 50.7 Å². The third-order valence-electron chi connectivity index (χ3n) is 7.10. The molecule has 0 aromatic heterocycles. The van der Waals surface area contributed by atoms with E-state index in [4.69, 9.17) is 37.4 Å². The summed E-state index contributed by atoms with van der Waals surface area (Å²) in [6, 6.07) is 14.3. The van der Waals surface area contributed by atoms with Gasteiger partial charge in [-0.15, -0.1) is 0 Å². The van der Waals surface area contributed by atoms with Gasteiger partial charge in [0.25, 0.3) is 10.0 Å². The molecule has 0 bridgehead atoms. The van der Waals surface area contributed by atoms with Crippen molar-refractivity contribution >= 4 is 50.7 Å². The van der Waals surface area contributed by atoms with Crippen LogP contribution in [0.15, 0.2) is 65.6 Å². The maximum absolute atomic E-state index is 14.3. The topological polar surface area (TPSA) is 114 Å². The van der Waals surface area contributed by atoms with Crippen molar-refractivity contribution in [1.29, 1.82) is 0 Å². The third-order valence-corrected chi connectivity index (χ3v) is 9.46. The minimum absolute atomic E-state index is 0.0255. The molecule has 3 aromatic carbocycles. The second-order valence-electron chi connectivity index (χ2n) is 9.95. The van der Waals surface area contributed by atoms with E-state index in [1.807, 2.05) is 13.8 Å². The number of rotatable bonds is 14. The Morgan fingerprint density at radius 3 is 2.14 bits per heavy atom. The van der Waals surface area contributed by atoms with Crippen LogP contribution in [-0.4, -0.2) is 65.1 Å². The second-order valence-corrected chi connectivity index (χ2v) is 12.7. The highest BCUT2D eigenvalue weighted by atomic mass is 35.5. The van der Waals surface area contributed by atoms with E-state index in [-0.39, 0.29) is 39.7 Å². The summed E-state index contributed by atoms with van der Waals surface area (Å²) >= 11 is 12.7. The molecule has 1 N–H and O–H groups in total. The number of nitrogens with zero attached hydrogens (tertiary/aromatic N) is 2. The smallest absolute Gasteiger partial charge is 0.265 e. The summed E-state index contributed by atoms with van der Waals surface area (Å²) in [5, 5.41) is 3.51. The molecule has 0 saturated heterocycles. The lowest BCUT2D eigenvalue weighted by atomic mass is 10.1. The van der Waals surface area contributed by atoms with Crippen molar-refractivity contribution < 1.29 is 32.2 Å². The number of carbonyl (C=O) groups excluding carboxylic acids is 2. The summed E-state index contributed by atoms with van der Waals surface area (Å²) in [6.45, 7) is 4.62. The fourth-order valence-electron chi connectivity index (χ4n) is 4.33. The lowest BCUT2D eigenvalue weighted by Crippen LogP contribution is -2.52. The van der Waals surface area contributed by atoms with Crippen LogP contribution in [0.25, 0.3) is 0 Å². The number of amides is 2. The van der Waals surface area contributed by atoms with Gasteiger partial charge in [-0.3, -0.25) is 13.9 Å². The van der Waals surface area contributed by atoms with Gasteiger partial charge in [0.05, 0.1) is 31.9 Å². The molecule has 3 rings (SSSR count). The summed E-state index contributed by atoms with van der Waals surface area (Å²) in [5.41, 5.74) is 0.609. The molecule has 0 radical (unpaired) electrons. The molecule has 44 heavy (non-hydrogen) atoms. The van der Waals surface area contributed by atoms with Gasteiger partial charge in [-0.2, -0.15) is 0 Å². The second kappa shape index (κ2) is 15.4. The first-order chi connectivity index (χ1) is 20.9. The number of sulfonamides is 1. The highest BCUT2D eigenvalue weighted by Gasteiger charge is 2.35. The summed E-state index contributed by atoms with van der Waals surface area (Å²) in [4.78, 5) is 28.6. The van der Waals surface area contributed by atoms with Crippen LogP contribution in [0.5, 0.6) is 17.2 Å². The molecule has 2 atom stereocenters. The monoisotopic (exact) mass is 665 g/mol. The van der Waals surface area contributed by atoms with Gasteiger partial charge >= 0.3 is 0 Å². The van der Waals surface area contributed by atoms with Crippen molar-refractivity contribution in [2.24, 2.45) is 0 Å². The van der Waals surface area contributed by atoms with E-state index in [0.717, 1.165) is 4.31 Å². The van der Waals surface area contributed by atoms with E-state index in [1.165, 1.54) is 62.6 Å². The quantitative estimate of drug-likeness (QED) is 0.240. The van der Waals surface area contributed by atoms with E-state index in [2.05, 4.69) is 5.32 Å². The standard InChI is InChI=1S/C31H37Cl2N3O7S/c1-7-20(2)34-31(38)21(3)35(18-22-10-8-9-11-25(22)33)30(37)19-36(26-16-23(32)12-14-27(26)41-4)44(39,40)24-13-15-28(42-5)29(17-24)43-6/h8-17,20-21H,7,18-19H2,1-6H3,(H,34,38)/t20-,21-/m0/s1. The van der Waals surface area contributed by atoms with E-state index in [1.54, 1.807) is 31.2 Å². The predicted octanol–water partition coefficient (Wildman–Crippen LogP) is 5.55. The number of carbonyl (C=O) groups is 2. The Balaban J connectivity index is 2.15. The molecule has 0 aliphatic rings. The van der Waals surface area contributed by atoms with Crippen LogP contribution in [-0.2, 0) is 26.2 Å². The summed E-state index contributed by atoms with van der Waals surface area (Å²) < 4.78 is 45.6. The van der Waals surface area contributed by atoms with Crippen molar-refractivity contribution in [3.05, 3.63) is 76.3 Å². The molecule has 0 fully saturated rings. The minimum Gasteiger partial charge on any atom is -0.495 e. The Morgan fingerprint density at radius 1 is 0.886 bits per heavy atom. The Bertz CT molecular complexity index is 1590. The number of ether oxygens (including phenoxy) is 3. The number of methoxy groups -OCH3 is 3. The molecule has 0 spiro atoms. The zero-order chi connectivity index (χ0) is 32.6. The zero-order valence-electron chi connectivity index (χ0n) is 25.5. The van der Waals surface area contributed by atoms with E-state index < -0.39 is 34.4 Å². The molecule has 0 aliphatic heterocycles. The molecule has 0 unspecified atom stereocenters. The number of halogens is 2. The number of anilines is 1. The molecule has 3 aromatic rings. The number of hydrogen-bond donors (Lipinski definition) is 1. The van der Waals surface area contributed by atoms with Crippen molar-refractivity contribution in [3.8, 4) is 17.2 Å². The van der Waals surface area contributed by atoms with Gasteiger partial charge in [-0.05, 0) is 62.2 Å². The predicted molar refractivity (Wildman–Crippen MR) is 171 cm³/mol. The molecule has 10 nitrogen and oxygen atoms in total. The summed E-state index contributed by atoms with van der Waals surface area (Å²) in [5.74, 6) is -0.404. The fourth-order valence-corrected chi connectivity index (χ4v) is 6.13. The van der Waals surface area contributed by atoms with Crippen molar-refractivity contribution in [1.82, 2.24) is 10.2 Å². The van der Waals surface area contributed by atoms with Crippen LogP contribution in [0.2, 0.25) is 10.0 Å². The van der Waals surface area contributed by atoms with E-state index in [9.17, 15) is 18.0 Å². The average Bonchev–Trinajstić information content (AvgIpc) is 3.02. The Labute approximate surface area is 268 Å². The fraction of sp³-hybridized carbons (Fsp3) is 0.355. The highest BCUT2D eigenvalue weighted by molar-refractivity contribution is 7.92. The van der Waals surface area contributed by atoms with Crippen molar-refractivity contribution in [3.63, 3.8) is 0 Å². The molecule has 0 aliphatic carbocycles. The van der Waals surface area contributed by atoms with Gasteiger partial charge in [0.2, 0.25) is 11.8 Å². The van der Waals surface area contributed by atoms with Crippen LogP contribution in [0.4, 0.5) is 5.69 Å². The molecular weight excluding hydrogens is 629 g/mol. The first-order valence-corrected chi connectivity index (χ1v) is 16.0. The van der Waals surface area contributed by atoms with Gasteiger partial charge in [-0.25, -0.2) is 8.42 Å². The average molecular weight is 667 g/mol.